The molecule has 1 amide bonds. The number of aryl methyl sites for hydroxylation is 3. The molecule has 7 heteroatoms. The Morgan fingerprint density at radius 3 is 2.37 bits per heavy atom. The van der Waals surface area contributed by atoms with E-state index < -0.39 is 10.0 Å². The molecule has 1 atom stereocenters. The van der Waals surface area contributed by atoms with E-state index in [1.54, 1.807) is 34.9 Å². The fourth-order valence-electron chi connectivity index (χ4n) is 3.42. The number of amides is 1. The summed E-state index contributed by atoms with van der Waals surface area (Å²) in [6.45, 7) is 9.89. The number of fused-ring (bicyclic) bond motifs is 1. The van der Waals surface area contributed by atoms with Gasteiger partial charge in [-0.2, -0.15) is 0 Å². The molecule has 1 aliphatic rings. The van der Waals surface area contributed by atoms with Crippen LogP contribution < -0.4 is 9.62 Å². The highest BCUT2D eigenvalue weighted by Crippen LogP contribution is 2.40. The summed E-state index contributed by atoms with van der Waals surface area (Å²) >= 11 is 1.65. The van der Waals surface area contributed by atoms with E-state index in [-0.39, 0.29) is 16.1 Å². The SMILES string of the molecule is CC(=O)N1C[C@H](C)Sc2ccc(S(=O)(=O)Nc3c(C)cc(C)cc3C)cc21. The van der Waals surface area contributed by atoms with E-state index in [2.05, 4.69) is 11.6 Å². The summed E-state index contributed by atoms with van der Waals surface area (Å²) in [5.74, 6) is -0.0869. The predicted octanol–water partition coefficient (Wildman–Crippen LogP) is 4.26. The lowest BCUT2D eigenvalue weighted by atomic mass is 10.1. The monoisotopic (exact) mass is 404 g/mol. The Hall–Kier alpha value is -1.99. The van der Waals surface area contributed by atoms with E-state index in [0.717, 1.165) is 21.6 Å². The molecular formula is C20H24N2O3S2. The molecule has 3 rings (SSSR count). The quantitative estimate of drug-likeness (QED) is 0.830. The average molecular weight is 405 g/mol. The van der Waals surface area contributed by atoms with Crippen LogP contribution in [0.2, 0.25) is 0 Å². The first-order chi connectivity index (χ1) is 12.6. The van der Waals surface area contributed by atoms with Gasteiger partial charge in [0.2, 0.25) is 5.91 Å². The average Bonchev–Trinajstić information content (AvgIpc) is 2.56. The number of nitrogens with zero attached hydrogens (tertiary/aromatic N) is 1. The van der Waals surface area contributed by atoms with Gasteiger partial charge in [0.1, 0.15) is 0 Å². The van der Waals surface area contributed by atoms with Crippen LogP contribution >= 0.6 is 11.8 Å². The van der Waals surface area contributed by atoms with Crippen molar-refractivity contribution in [1.29, 1.82) is 0 Å². The van der Waals surface area contributed by atoms with Gasteiger partial charge in [0.05, 0.1) is 16.3 Å². The number of thioether (sulfide) groups is 1. The lowest BCUT2D eigenvalue weighted by Crippen LogP contribution is -2.37. The summed E-state index contributed by atoms with van der Waals surface area (Å²) in [5, 5.41) is 0.264. The van der Waals surface area contributed by atoms with Crippen LogP contribution in [-0.4, -0.2) is 26.1 Å². The van der Waals surface area contributed by atoms with E-state index in [4.69, 9.17) is 0 Å². The first kappa shape index (κ1) is 19.8. The molecule has 0 saturated heterocycles. The maximum absolute atomic E-state index is 13.0. The molecule has 0 bridgehead atoms. The van der Waals surface area contributed by atoms with E-state index in [0.29, 0.717) is 17.9 Å². The van der Waals surface area contributed by atoms with E-state index in [1.807, 2.05) is 32.9 Å². The molecule has 5 nitrogen and oxygen atoms in total. The summed E-state index contributed by atoms with van der Waals surface area (Å²) in [6.07, 6.45) is 0. The molecule has 0 fully saturated rings. The molecule has 1 N–H and O–H groups in total. The summed E-state index contributed by atoms with van der Waals surface area (Å²) in [6, 6.07) is 8.88. The van der Waals surface area contributed by atoms with Gasteiger partial charge in [-0.25, -0.2) is 8.42 Å². The van der Waals surface area contributed by atoms with Crippen LogP contribution in [0.3, 0.4) is 0 Å². The second-order valence-corrected chi connectivity index (χ2v) is 10.2. The molecule has 0 aromatic heterocycles. The third-order valence-electron chi connectivity index (χ3n) is 4.59. The Morgan fingerprint density at radius 2 is 1.78 bits per heavy atom. The first-order valence-electron chi connectivity index (χ1n) is 8.78. The van der Waals surface area contributed by atoms with Gasteiger partial charge in [-0.3, -0.25) is 9.52 Å². The summed E-state index contributed by atoms with van der Waals surface area (Å²) < 4.78 is 28.7. The van der Waals surface area contributed by atoms with Gasteiger partial charge in [-0.05, 0) is 50.1 Å². The Bertz CT molecular complexity index is 993. The van der Waals surface area contributed by atoms with Crippen LogP contribution in [-0.2, 0) is 14.8 Å². The van der Waals surface area contributed by atoms with Gasteiger partial charge in [0, 0.05) is 23.6 Å². The van der Waals surface area contributed by atoms with Crippen molar-refractivity contribution < 1.29 is 13.2 Å². The van der Waals surface area contributed by atoms with Crippen molar-refractivity contribution in [3.05, 3.63) is 47.0 Å². The number of carbonyl (C=O) groups is 1. The Balaban J connectivity index is 2.02. The van der Waals surface area contributed by atoms with Crippen molar-refractivity contribution in [3.63, 3.8) is 0 Å². The first-order valence-corrected chi connectivity index (χ1v) is 11.1. The Morgan fingerprint density at radius 1 is 1.15 bits per heavy atom. The zero-order valence-electron chi connectivity index (χ0n) is 16.2. The van der Waals surface area contributed by atoms with Crippen molar-refractivity contribution in [3.8, 4) is 0 Å². The maximum Gasteiger partial charge on any atom is 0.261 e. The summed E-state index contributed by atoms with van der Waals surface area (Å²) in [7, 11) is -3.76. The molecule has 2 aromatic rings. The Labute approximate surface area is 165 Å². The highest BCUT2D eigenvalue weighted by Gasteiger charge is 2.27. The molecule has 0 unspecified atom stereocenters. The second-order valence-electron chi connectivity index (χ2n) is 7.07. The molecule has 0 aliphatic carbocycles. The lowest BCUT2D eigenvalue weighted by molar-refractivity contribution is -0.116. The largest absolute Gasteiger partial charge is 0.310 e. The normalized spacial score (nSPS) is 16.8. The lowest BCUT2D eigenvalue weighted by Gasteiger charge is -2.32. The third-order valence-corrected chi connectivity index (χ3v) is 7.09. The molecule has 0 radical (unpaired) electrons. The predicted molar refractivity (Wildman–Crippen MR) is 111 cm³/mol. The van der Waals surface area contributed by atoms with Crippen LogP contribution in [0.5, 0.6) is 0 Å². The minimum absolute atomic E-state index is 0.0869. The number of benzene rings is 2. The van der Waals surface area contributed by atoms with Crippen molar-refractivity contribution in [1.82, 2.24) is 0 Å². The summed E-state index contributed by atoms with van der Waals surface area (Å²) in [5.41, 5.74) is 4.10. The van der Waals surface area contributed by atoms with Gasteiger partial charge in [0.15, 0.2) is 0 Å². The van der Waals surface area contributed by atoms with Gasteiger partial charge in [-0.15, -0.1) is 11.8 Å². The van der Waals surface area contributed by atoms with Crippen LogP contribution in [0.4, 0.5) is 11.4 Å². The number of anilines is 2. The molecular weight excluding hydrogens is 380 g/mol. The number of carbonyl (C=O) groups excluding carboxylic acids is 1. The zero-order valence-corrected chi connectivity index (χ0v) is 17.8. The molecule has 2 aromatic carbocycles. The smallest absolute Gasteiger partial charge is 0.261 e. The van der Waals surface area contributed by atoms with Gasteiger partial charge >= 0.3 is 0 Å². The van der Waals surface area contributed by atoms with Crippen LogP contribution in [0, 0.1) is 20.8 Å². The number of hydrogen-bond donors (Lipinski definition) is 1. The van der Waals surface area contributed by atoms with Crippen molar-refractivity contribution in [2.45, 2.75) is 49.7 Å². The van der Waals surface area contributed by atoms with Crippen LogP contribution in [0.1, 0.15) is 30.5 Å². The number of nitrogens with one attached hydrogen (secondary N) is 1. The van der Waals surface area contributed by atoms with Crippen molar-refractivity contribution in [2.75, 3.05) is 16.2 Å². The van der Waals surface area contributed by atoms with Gasteiger partial charge < -0.3 is 4.90 Å². The van der Waals surface area contributed by atoms with Gasteiger partial charge in [-0.1, -0.05) is 24.6 Å². The fraction of sp³-hybridized carbons (Fsp3) is 0.350. The maximum atomic E-state index is 13.0. The van der Waals surface area contributed by atoms with E-state index >= 15 is 0 Å². The minimum atomic E-state index is -3.76. The summed E-state index contributed by atoms with van der Waals surface area (Å²) in [4.78, 5) is 14.8. The fourth-order valence-corrected chi connectivity index (χ4v) is 5.73. The molecule has 1 heterocycles. The highest BCUT2D eigenvalue weighted by atomic mass is 32.2. The van der Waals surface area contributed by atoms with Crippen molar-refractivity contribution in [2.24, 2.45) is 0 Å². The Kier molecular flexibility index (Phi) is 5.27. The molecule has 0 saturated carbocycles. The third kappa shape index (κ3) is 3.99. The number of hydrogen-bond acceptors (Lipinski definition) is 4. The van der Waals surface area contributed by atoms with E-state index in [9.17, 15) is 13.2 Å². The second kappa shape index (κ2) is 7.20. The van der Waals surface area contributed by atoms with Gasteiger partial charge in [0.25, 0.3) is 10.0 Å². The zero-order chi connectivity index (χ0) is 19.9. The molecule has 0 spiro atoms. The van der Waals surface area contributed by atoms with Crippen LogP contribution in [0.15, 0.2) is 40.1 Å². The topological polar surface area (TPSA) is 66.5 Å². The van der Waals surface area contributed by atoms with Crippen LogP contribution in [0.25, 0.3) is 0 Å². The van der Waals surface area contributed by atoms with E-state index in [1.165, 1.54) is 6.92 Å². The molecule has 144 valence electrons. The number of rotatable bonds is 3. The molecule has 27 heavy (non-hydrogen) atoms. The minimum Gasteiger partial charge on any atom is -0.310 e. The number of sulfonamides is 1. The standard InChI is InChI=1S/C20H24N2O3S2/c1-12-8-13(2)20(14(3)9-12)21-27(24,25)17-6-7-19-18(10-17)22(16(5)23)11-15(4)26-19/h6-10,15,21H,11H2,1-5H3/t15-/m0/s1. The van der Waals surface area contributed by atoms with Crippen molar-refractivity contribution >= 4 is 39.1 Å². The molecule has 1 aliphatic heterocycles. The highest BCUT2D eigenvalue weighted by molar-refractivity contribution is 8.00.